The van der Waals surface area contributed by atoms with E-state index in [1.807, 2.05) is 59.7 Å². The maximum atomic E-state index is 6.06. The number of aryl methyl sites for hydroxylation is 3. The van der Waals surface area contributed by atoms with E-state index in [9.17, 15) is 0 Å². The van der Waals surface area contributed by atoms with Gasteiger partial charge in [0.15, 0.2) is 22.7 Å². The van der Waals surface area contributed by atoms with E-state index in [1.54, 1.807) is 11.3 Å². The van der Waals surface area contributed by atoms with E-state index in [0.29, 0.717) is 19.7 Å². The third kappa shape index (κ3) is 4.20. The Bertz CT molecular complexity index is 1230. The van der Waals surface area contributed by atoms with Gasteiger partial charge in [0.1, 0.15) is 12.3 Å². The van der Waals surface area contributed by atoms with Gasteiger partial charge in [0.05, 0.1) is 22.8 Å². The standard InChI is InChI=1S/C23H26N6O2S/c1-4-28-12-17(15(2)26-28)11-24-23-25-16(3)22(32-23)19-9-10-29(27-19)13-18-14-30-20-7-5-6-8-21(20)31-18/h5-10,12,18H,4,11,13-14H2,1-3H3,(H,24,25)/t18-/m0/s1. The average molecular weight is 451 g/mol. The van der Waals surface area contributed by atoms with Gasteiger partial charge < -0.3 is 14.8 Å². The van der Waals surface area contributed by atoms with Crippen LogP contribution in [0, 0.1) is 13.8 Å². The third-order valence-electron chi connectivity index (χ3n) is 5.43. The molecule has 0 amide bonds. The molecule has 4 heterocycles. The zero-order valence-electron chi connectivity index (χ0n) is 18.4. The van der Waals surface area contributed by atoms with Crippen molar-refractivity contribution in [2.24, 2.45) is 0 Å². The molecule has 1 atom stereocenters. The molecule has 5 rings (SSSR count). The lowest BCUT2D eigenvalue weighted by atomic mass is 10.2. The van der Waals surface area contributed by atoms with E-state index in [0.717, 1.165) is 45.1 Å². The maximum Gasteiger partial charge on any atom is 0.183 e. The summed E-state index contributed by atoms with van der Waals surface area (Å²) in [6.07, 6.45) is 3.99. The van der Waals surface area contributed by atoms with Gasteiger partial charge in [-0.3, -0.25) is 9.36 Å². The fraction of sp³-hybridized carbons (Fsp3) is 0.348. The fourth-order valence-corrected chi connectivity index (χ4v) is 4.65. The van der Waals surface area contributed by atoms with Gasteiger partial charge in [-0.1, -0.05) is 23.5 Å². The molecule has 0 aliphatic carbocycles. The summed E-state index contributed by atoms with van der Waals surface area (Å²) in [4.78, 5) is 5.76. The molecule has 3 aromatic heterocycles. The summed E-state index contributed by atoms with van der Waals surface area (Å²) in [6.45, 7) is 8.85. The van der Waals surface area contributed by atoms with Crippen LogP contribution >= 0.6 is 11.3 Å². The molecule has 166 valence electrons. The molecular weight excluding hydrogens is 424 g/mol. The molecule has 1 aromatic carbocycles. The van der Waals surface area contributed by atoms with Crippen LogP contribution in [0.4, 0.5) is 5.13 Å². The first-order valence-corrected chi connectivity index (χ1v) is 11.6. The lowest BCUT2D eigenvalue weighted by molar-refractivity contribution is 0.0759. The second-order valence-electron chi connectivity index (χ2n) is 7.80. The van der Waals surface area contributed by atoms with Gasteiger partial charge in [-0.05, 0) is 39.0 Å². The van der Waals surface area contributed by atoms with Gasteiger partial charge >= 0.3 is 0 Å². The number of anilines is 1. The molecule has 1 N–H and O–H groups in total. The molecule has 0 saturated heterocycles. The van der Waals surface area contributed by atoms with Crippen molar-refractivity contribution in [2.75, 3.05) is 11.9 Å². The Morgan fingerprint density at radius 2 is 1.94 bits per heavy atom. The number of aromatic nitrogens is 5. The number of benzene rings is 1. The smallest absolute Gasteiger partial charge is 0.183 e. The van der Waals surface area contributed by atoms with Crippen LogP contribution < -0.4 is 14.8 Å². The van der Waals surface area contributed by atoms with Gasteiger partial charge in [-0.2, -0.15) is 10.2 Å². The summed E-state index contributed by atoms with van der Waals surface area (Å²) in [5.41, 5.74) is 4.11. The third-order valence-corrected chi connectivity index (χ3v) is 6.57. The number of thiazole rings is 1. The van der Waals surface area contributed by atoms with Crippen LogP contribution in [0.1, 0.15) is 23.9 Å². The highest BCUT2D eigenvalue weighted by atomic mass is 32.1. The largest absolute Gasteiger partial charge is 0.486 e. The predicted octanol–water partition coefficient (Wildman–Crippen LogP) is 4.29. The molecule has 1 aliphatic heterocycles. The van der Waals surface area contributed by atoms with E-state index in [2.05, 4.69) is 23.5 Å². The van der Waals surface area contributed by atoms with E-state index >= 15 is 0 Å². The molecule has 0 fully saturated rings. The first-order chi connectivity index (χ1) is 15.6. The number of nitrogens with zero attached hydrogens (tertiary/aromatic N) is 5. The molecule has 0 bridgehead atoms. The number of fused-ring (bicyclic) bond motifs is 1. The van der Waals surface area contributed by atoms with Crippen molar-refractivity contribution in [2.45, 2.75) is 46.5 Å². The van der Waals surface area contributed by atoms with Crippen LogP contribution in [0.5, 0.6) is 11.5 Å². The Kier molecular flexibility index (Phi) is 5.57. The Labute approximate surface area is 190 Å². The minimum Gasteiger partial charge on any atom is -0.486 e. The molecule has 9 heteroatoms. The van der Waals surface area contributed by atoms with Crippen LogP contribution in [0.15, 0.2) is 42.7 Å². The zero-order chi connectivity index (χ0) is 22.1. The second-order valence-corrected chi connectivity index (χ2v) is 8.80. The highest BCUT2D eigenvalue weighted by molar-refractivity contribution is 7.19. The average Bonchev–Trinajstić information content (AvgIpc) is 3.50. The maximum absolute atomic E-state index is 6.06. The minimum atomic E-state index is -0.0790. The van der Waals surface area contributed by atoms with Crippen LogP contribution in [-0.4, -0.2) is 37.3 Å². The quantitative estimate of drug-likeness (QED) is 0.452. The van der Waals surface area contributed by atoms with Crippen molar-refractivity contribution in [1.82, 2.24) is 24.5 Å². The SMILES string of the molecule is CCn1cc(CNc2nc(C)c(-c3ccn(C[C@H]4COc5ccccc5O4)n3)s2)c(C)n1. The molecule has 0 saturated carbocycles. The minimum absolute atomic E-state index is 0.0790. The topological polar surface area (TPSA) is 79.0 Å². The Balaban J connectivity index is 1.24. The van der Waals surface area contributed by atoms with Crippen LogP contribution in [-0.2, 0) is 19.6 Å². The van der Waals surface area contributed by atoms with Gasteiger partial charge in [0.25, 0.3) is 0 Å². The second kappa shape index (κ2) is 8.66. The first kappa shape index (κ1) is 20.6. The van der Waals surface area contributed by atoms with Gasteiger partial charge in [0.2, 0.25) is 0 Å². The molecular formula is C23H26N6O2S. The summed E-state index contributed by atoms with van der Waals surface area (Å²) < 4.78 is 15.7. The summed E-state index contributed by atoms with van der Waals surface area (Å²) in [5.74, 6) is 1.58. The zero-order valence-corrected chi connectivity index (χ0v) is 19.2. The van der Waals surface area contributed by atoms with Gasteiger partial charge in [-0.15, -0.1) is 0 Å². The molecule has 32 heavy (non-hydrogen) atoms. The monoisotopic (exact) mass is 450 g/mol. The number of hydrogen-bond acceptors (Lipinski definition) is 7. The molecule has 8 nitrogen and oxygen atoms in total. The number of para-hydroxylation sites is 2. The van der Waals surface area contributed by atoms with E-state index < -0.39 is 0 Å². The van der Waals surface area contributed by atoms with Crippen LogP contribution in [0.25, 0.3) is 10.6 Å². The summed E-state index contributed by atoms with van der Waals surface area (Å²) in [6, 6.07) is 9.78. The Morgan fingerprint density at radius 1 is 1.09 bits per heavy atom. The van der Waals surface area contributed by atoms with E-state index in [4.69, 9.17) is 19.6 Å². The molecule has 1 aliphatic rings. The normalized spacial score (nSPS) is 15.2. The highest BCUT2D eigenvalue weighted by Gasteiger charge is 2.22. The summed E-state index contributed by atoms with van der Waals surface area (Å²) in [7, 11) is 0. The number of ether oxygens (including phenoxy) is 2. The van der Waals surface area contributed by atoms with Crippen LogP contribution in [0.3, 0.4) is 0 Å². The summed E-state index contributed by atoms with van der Waals surface area (Å²) in [5, 5.41) is 13.6. The molecule has 0 spiro atoms. The van der Waals surface area contributed by atoms with Gasteiger partial charge in [-0.25, -0.2) is 4.98 Å². The number of rotatable bonds is 7. The highest BCUT2D eigenvalue weighted by Crippen LogP contribution is 2.33. The Morgan fingerprint density at radius 3 is 2.75 bits per heavy atom. The van der Waals surface area contributed by atoms with E-state index in [-0.39, 0.29) is 6.10 Å². The predicted molar refractivity (Wildman–Crippen MR) is 124 cm³/mol. The lowest BCUT2D eigenvalue weighted by Gasteiger charge is -2.26. The number of nitrogens with one attached hydrogen (secondary N) is 1. The van der Waals surface area contributed by atoms with Crippen molar-refractivity contribution in [3.05, 3.63) is 59.7 Å². The van der Waals surface area contributed by atoms with Crippen molar-refractivity contribution < 1.29 is 9.47 Å². The Hall–Kier alpha value is -3.33. The van der Waals surface area contributed by atoms with Gasteiger partial charge in [0, 0.05) is 31.0 Å². The summed E-state index contributed by atoms with van der Waals surface area (Å²) >= 11 is 1.62. The fourth-order valence-electron chi connectivity index (χ4n) is 3.72. The molecule has 4 aromatic rings. The lowest BCUT2D eigenvalue weighted by Crippen LogP contribution is -2.33. The first-order valence-electron chi connectivity index (χ1n) is 10.8. The van der Waals surface area contributed by atoms with Crippen molar-refractivity contribution in [3.8, 4) is 22.1 Å². The number of hydrogen-bond donors (Lipinski definition) is 1. The van der Waals surface area contributed by atoms with Crippen molar-refractivity contribution in [3.63, 3.8) is 0 Å². The van der Waals surface area contributed by atoms with E-state index in [1.165, 1.54) is 5.56 Å². The van der Waals surface area contributed by atoms with Crippen molar-refractivity contribution >= 4 is 16.5 Å². The molecule has 0 radical (unpaired) electrons. The van der Waals surface area contributed by atoms with Crippen LogP contribution in [0.2, 0.25) is 0 Å². The molecule has 0 unspecified atom stereocenters. The van der Waals surface area contributed by atoms with Crippen molar-refractivity contribution in [1.29, 1.82) is 0 Å².